The van der Waals surface area contributed by atoms with Crippen LogP contribution in [0.25, 0.3) is 5.78 Å². The summed E-state index contributed by atoms with van der Waals surface area (Å²) in [5.41, 5.74) is 4.63. The van der Waals surface area contributed by atoms with Gasteiger partial charge in [-0.25, -0.2) is 20.3 Å². The highest BCUT2D eigenvalue weighted by Gasteiger charge is 2.34. The van der Waals surface area contributed by atoms with Crippen molar-refractivity contribution in [1.29, 1.82) is 0 Å². The molecule has 6 rings (SSSR count). The fourth-order valence-electron chi connectivity index (χ4n) is 4.86. The van der Waals surface area contributed by atoms with E-state index in [0.717, 1.165) is 31.6 Å². The highest BCUT2D eigenvalue weighted by Crippen LogP contribution is 2.30. The van der Waals surface area contributed by atoms with E-state index in [0.29, 0.717) is 41.7 Å². The molecule has 0 saturated heterocycles. The van der Waals surface area contributed by atoms with E-state index in [1.807, 2.05) is 25.3 Å². The Bertz CT molecular complexity index is 1440. The van der Waals surface area contributed by atoms with Crippen molar-refractivity contribution >= 4 is 17.3 Å². The SMILES string of the molecule is CCC1N=C(c2ccco2)c2c(nc3n(CCN4CCc5ncc(C)cc5C4)c(=O)[nH]n23)N1N. The lowest BCUT2D eigenvalue weighted by molar-refractivity contribution is 0.242. The summed E-state index contributed by atoms with van der Waals surface area (Å²) in [7, 11) is 0. The summed E-state index contributed by atoms with van der Waals surface area (Å²) in [5.74, 6) is 8.07. The topological polar surface area (TPSA) is 126 Å². The Kier molecular flexibility index (Phi) is 4.89. The molecule has 6 heterocycles. The molecule has 0 amide bonds. The van der Waals surface area contributed by atoms with Crippen LogP contribution < -0.4 is 16.5 Å². The largest absolute Gasteiger partial charge is 0.463 e. The number of nitrogens with zero attached hydrogens (tertiary/aromatic N) is 7. The zero-order valence-electron chi connectivity index (χ0n) is 19.2. The number of hydrogen-bond donors (Lipinski definition) is 2. The number of pyridine rings is 1. The number of aromatic amines is 1. The Morgan fingerprint density at radius 1 is 1.32 bits per heavy atom. The maximum absolute atomic E-state index is 12.9. The molecule has 11 heteroatoms. The molecule has 0 aliphatic carbocycles. The summed E-state index contributed by atoms with van der Waals surface area (Å²) in [4.78, 5) is 29.4. The van der Waals surface area contributed by atoms with Gasteiger partial charge in [-0.3, -0.25) is 24.5 Å². The molecule has 2 aliphatic rings. The standard InChI is InChI=1S/C23H27N9O2/c1-3-18-26-19(17-5-4-10-34-17)20-21(31(18)24)27-22-30(23(33)28-32(20)22)9-8-29-7-6-16-15(13-29)11-14(2)12-25-16/h4-5,10-12,18H,3,6-9,13,24H2,1-2H3,(H,28,33). The number of aromatic nitrogens is 5. The smallest absolute Gasteiger partial charge is 0.343 e. The summed E-state index contributed by atoms with van der Waals surface area (Å²) in [6.45, 7) is 7.05. The zero-order valence-corrected chi connectivity index (χ0v) is 19.2. The molecule has 176 valence electrons. The van der Waals surface area contributed by atoms with Gasteiger partial charge in [0.05, 0.1) is 6.26 Å². The molecule has 2 aliphatic heterocycles. The number of hydrazine groups is 1. The number of fused-ring (bicyclic) bond motifs is 4. The molecule has 34 heavy (non-hydrogen) atoms. The third-order valence-corrected chi connectivity index (χ3v) is 6.62. The molecule has 0 fully saturated rings. The Hall–Kier alpha value is -3.70. The third kappa shape index (κ3) is 3.27. The zero-order chi connectivity index (χ0) is 23.4. The molecule has 0 bridgehead atoms. The van der Waals surface area contributed by atoms with Gasteiger partial charge in [-0.05, 0) is 36.6 Å². The fourth-order valence-corrected chi connectivity index (χ4v) is 4.86. The Morgan fingerprint density at radius 3 is 3.00 bits per heavy atom. The average molecular weight is 462 g/mol. The van der Waals surface area contributed by atoms with Gasteiger partial charge in [0.15, 0.2) is 11.6 Å². The monoisotopic (exact) mass is 461 g/mol. The molecule has 0 radical (unpaired) electrons. The highest BCUT2D eigenvalue weighted by molar-refractivity contribution is 6.14. The van der Waals surface area contributed by atoms with E-state index < -0.39 is 0 Å². The van der Waals surface area contributed by atoms with Gasteiger partial charge >= 0.3 is 5.69 Å². The summed E-state index contributed by atoms with van der Waals surface area (Å²) in [6.07, 6.45) is 4.89. The third-order valence-electron chi connectivity index (χ3n) is 6.62. The number of aliphatic imine (C=N–C) groups is 1. The first-order valence-corrected chi connectivity index (χ1v) is 11.6. The van der Waals surface area contributed by atoms with Crippen LogP contribution in [0.1, 0.15) is 41.6 Å². The van der Waals surface area contributed by atoms with Crippen molar-refractivity contribution in [3.8, 4) is 0 Å². The van der Waals surface area contributed by atoms with Gasteiger partial charge in [-0.15, -0.1) is 0 Å². The minimum absolute atomic E-state index is 0.222. The minimum Gasteiger partial charge on any atom is -0.463 e. The first-order valence-electron chi connectivity index (χ1n) is 11.6. The number of nitrogens with two attached hydrogens (primary N) is 1. The number of nitrogens with one attached hydrogen (secondary N) is 1. The van der Waals surface area contributed by atoms with Crippen LogP contribution in [-0.4, -0.2) is 54.0 Å². The van der Waals surface area contributed by atoms with Crippen molar-refractivity contribution in [1.82, 2.24) is 29.0 Å². The number of rotatable bonds is 5. The predicted molar refractivity (Wildman–Crippen MR) is 127 cm³/mol. The molecule has 11 nitrogen and oxygen atoms in total. The van der Waals surface area contributed by atoms with Crippen molar-refractivity contribution < 1.29 is 4.42 Å². The van der Waals surface area contributed by atoms with Crippen LogP contribution in [-0.2, 0) is 19.5 Å². The van der Waals surface area contributed by atoms with Crippen LogP contribution in [0.2, 0.25) is 0 Å². The van der Waals surface area contributed by atoms with Gasteiger partial charge in [0.1, 0.15) is 17.6 Å². The second kappa shape index (κ2) is 7.96. The second-order valence-electron chi connectivity index (χ2n) is 8.88. The lowest BCUT2D eigenvalue weighted by Crippen LogP contribution is -2.44. The fraction of sp³-hybridized carbons (Fsp3) is 0.391. The van der Waals surface area contributed by atoms with Crippen LogP contribution in [0, 0.1) is 6.92 Å². The van der Waals surface area contributed by atoms with Crippen LogP contribution in [0.15, 0.2) is 44.9 Å². The molecule has 0 aromatic carbocycles. The Balaban J connectivity index is 1.33. The number of H-pyrrole nitrogens is 1. The van der Waals surface area contributed by atoms with Crippen molar-refractivity contribution in [2.75, 3.05) is 18.1 Å². The van der Waals surface area contributed by atoms with E-state index >= 15 is 0 Å². The maximum atomic E-state index is 12.9. The second-order valence-corrected chi connectivity index (χ2v) is 8.88. The van der Waals surface area contributed by atoms with Crippen LogP contribution >= 0.6 is 0 Å². The summed E-state index contributed by atoms with van der Waals surface area (Å²) >= 11 is 0. The summed E-state index contributed by atoms with van der Waals surface area (Å²) in [5, 5.41) is 4.48. The number of furan rings is 1. The molecule has 1 atom stereocenters. The normalized spacial score (nSPS) is 18.3. The average Bonchev–Trinajstić information content (AvgIpc) is 3.55. The van der Waals surface area contributed by atoms with Gasteiger partial charge in [0.25, 0.3) is 0 Å². The van der Waals surface area contributed by atoms with Crippen LogP contribution in [0.3, 0.4) is 0 Å². The van der Waals surface area contributed by atoms with E-state index in [4.69, 9.17) is 20.2 Å². The van der Waals surface area contributed by atoms with Crippen molar-refractivity contribution in [3.05, 3.63) is 69.4 Å². The van der Waals surface area contributed by atoms with Crippen molar-refractivity contribution in [2.45, 2.75) is 45.9 Å². The first kappa shape index (κ1) is 20.9. The molecule has 3 N–H and O–H groups in total. The number of aryl methyl sites for hydroxylation is 1. The molecular weight excluding hydrogens is 434 g/mol. The van der Waals surface area contributed by atoms with Gasteiger partial charge in [-0.1, -0.05) is 13.0 Å². The molecule has 4 aromatic rings. The maximum Gasteiger partial charge on any atom is 0.343 e. The first-order chi connectivity index (χ1) is 16.5. The van der Waals surface area contributed by atoms with Gasteiger partial charge in [-0.2, -0.15) is 4.98 Å². The summed E-state index contributed by atoms with van der Waals surface area (Å²) in [6, 6.07) is 5.86. The minimum atomic E-state index is -0.266. The van der Waals surface area contributed by atoms with Gasteiger partial charge in [0.2, 0.25) is 5.78 Å². The lowest BCUT2D eigenvalue weighted by atomic mass is 10.0. The molecule has 0 spiro atoms. The molecule has 4 aromatic heterocycles. The Morgan fingerprint density at radius 2 is 2.21 bits per heavy atom. The highest BCUT2D eigenvalue weighted by atomic mass is 16.3. The van der Waals surface area contributed by atoms with Crippen molar-refractivity contribution in [2.24, 2.45) is 10.8 Å². The molecular formula is C23H27N9O2. The van der Waals surface area contributed by atoms with Gasteiger partial charge < -0.3 is 4.42 Å². The van der Waals surface area contributed by atoms with Crippen molar-refractivity contribution in [3.63, 3.8) is 0 Å². The van der Waals surface area contributed by atoms with Gasteiger partial charge in [0, 0.05) is 44.5 Å². The molecule has 1 unspecified atom stereocenters. The number of anilines is 1. The van der Waals surface area contributed by atoms with E-state index in [9.17, 15) is 4.79 Å². The number of imidazole rings is 1. The quantitative estimate of drug-likeness (QED) is 0.431. The summed E-state index contributed by atoms with van der Waals surface area (Å²) < 4.78 is 8.97. The number of hydrogen-bond acceptors (Lipinski definition) is 8. The van der Waals surface area contributed by atoms with Crippen LogP contribution in [0.5, 0.6) is 0 Å². The van der Waals surface area contributed by atoms with E-state index in [1.54, 1.807) is 20.4 Å². The van der Waals surface area contributed by atoms with E-state index in [1.165, 1.54) is 11.3 Å². The van der Waals surface area contributed by atoms with Crippen LogP contribution in [0.4, 0.5) is 5.82 Å². The predicted octanol–water partition coefficient (Wildman–Crippen LogP) is 1.45. The molecule has 0 saturated carbocycles. The van der Waals surface area contributed by atoms with E-state index in [2.05, 4.69) is 28.0 Å². The lowest BCUT2D eigenvalue weighted by Gasteiger charge is -2.28. The van der Waals surface area contributed by atoms with E-state index in [-0.39, 0.29) is 11.9 Å². The Labute approximate surface area is 195 Å².